The number of carbonyl (C=O) groups is 1. The van der Waals surface area contributed by atoms with Crippen molar-refractivity contribution in [2.24, 2.45) is 5.92 Å². The molecule has 7 heteroatoms. The Morgan fingerprint density at radius 3 is 1.45 bits per heavy atom. The molecule has 0 saturated carbocycles. The fourth-order valence-corrected chi connectivity index (χ4v) is 14.9. The van der Waals surface area contributed by atoms with Crippen LogP contribution in [0.1, 0.15) is 89.5 Å². The largest absolute Gasteiger partial charge is 0.518 e. The van der Waals surface area contributed by atoms with Crippen molar-refractivity contribution in [2.75, 3.05) is 19.8 Å². The zero-order chi connectivity index (χ0) is 23.1. The van der Waals surface area contributed by atoms with Crippen LogP contribution >= 0.6 is 0 Å². The van der Waals surface area contributed by atoms with E-state index >= 15 is 0 Å². The van der Waals surface area contributed by atoms with Crippen LogP contribution in [0.3, 0.4) is 0 Å². The van der Waals surface area contributed by atoms with Crippen LogP contribution in [0.25, 0.3) is 0 Å². The van der Waals surface area contributed by atoms with Crippen LogP contribution in [0.4, 0.5) is 0 Å². The van der Waals surface area contributed by atoms with Crippen molar-refractivity contribution in [3.63, 3.8) is 0 Å². The first-order chi connectivity index (χ1) is 13.2. The summed E-state index contributed by atoms with van der Waals surface area (Å²) in [4.78, 5) is 13.4. The second-order valence-electron chi connectivity index (χ2n) is 10.1. The lowest BCUT2D eigenvalue weighted by molar-refractivity contribution is -0.140. The van der Waals surface area contributed by atoms with Crippen LogP contribution in [0.5, 0.6) is 0 Å². The lowest BCUT2D eigenvalue weighted by Gasteiger charge is -2.53. The fourth-order valence-electron chi connectivity index (χ4n) is 4.98. The third kappa shape index (κ3) is 6.89. The van der Waals surface area contributed by atoms with Crippen molar-refractivity contribution in [1.29, 1.82) is 0 Å². The summed E-state index contributed by atoms with van der Waals surface area (Å²) >= 11 is 0. The number of hydrogen-bond acceptors (Lipinski definition) is 5. The van der Waals surface area contributed by atoms with E-state index in [0.717, 1.165) is 6.42 Å². The van der Waals surface area contributed by atoms with Gasteiger partial charge in [-0.3, -0.25) is 4.79 Å². The molecule has 0 bridgehead atoms. The van der Waals surface area contributed by atoms with Gasteiger partial charge in [-0.25, -0.2) is 0 Å². The van der Waals surface area contributed by atoms with Crippen LogP contribution < -0.4 is 0 Å². The van der Waals surface area contributed by atoms with Gasteiger partial charge in [0.15, 0.2) is 0 Å². The molecule has 0 heterocycles. The van der Waals surface area contributed by atoms with E-state index < -0.39 is 17.1 Å². The molecule has 0 aliphatic rings. The molecule has 0 aliphatic carbocycles. The monoisotopic (exact) mass is 448 g/mol. The van der Waals surface area contributed by atoms with Gasteiger partial charge in [0.2, 0.25) is 0 Å². The quantitative estimate of drug-likeness (QED) is 0.316. The maximum atomic E-state index is 13.4. The first-order valence-electron chi connectivity index (χ1n) is 11.3. The van der Waals surface area contributed by atoms with Gasteiger partial charge in [-0.1, -0.05) is 68.7 Å². The van der Waals surface area contributed by atoms with E-state index in [1.54, 1.807) is 0 Å². The molecule has 0 radical (unpaired) electrons. The Hall–Kier alpha value is -0.216. The second-order valence-corrected chi connectivity index (χ2v) is 18.4. The zero-order valence-corrected chi connectivity index (χ0v) is 23.2. The normalized spacial score (nSPS) is 15.9. The lowest BCUT2D eigenvalue weighted by atomic mass is 10.2. The third-order valence-electron chi connectivity index (χ3n) is 5.85. The van der Waals surface area contributed by atoms with Crippen LogP contribution in [0.15, 0.2) is 0 Å². The highest BCUT2D eigenvalue weighted by Gasteiger charge is 2.61. The van der Waals surface area contributed by atoms with Gasteiger partial charge in [0.05, 0.1) is 5.92 Å². The highest BCUT2D eigenvalue weighted by molar-refractivity contribution is 6.81. The molecule has 174 valence electrons. The minimum atomic E-state index is -2.91. The molecular weight excluding hydrogens is 400 g/mol. The van der Waals surface area contributed by atoms with Crippen molar-refractivity contribution in [3.8, 4) is 0 Å². The summed E-state index contributed by atoms with van der Waals surface area (Å²) in [6.45, 7) is 27.1. The number of rotatable bonds is 12. The van der Waals surface area contributed by atoms with Crippen LogP contribution in [0, 0.1) is 5.92 Å². The molecule has 0 aliphatic heterocycles. The molecule has 29 heavy (non-hydrogen) atoms. The van der Waals surface area contributed by atoms with E-state index in [9.17, 15) is 4.79 Å². The molecular formula is C22H48O5Si2. The Bertz CT molecular complexity index is 465. The van der Waals surface area contributed by atoms with E-state index in [4.69, 9.17) is 17.7 Å². The Morgan fingerprint density at radius 1 is 0.793 bits per heavy atom. The maximum Gasteiger partial charge on any atom is 0.501 e. The summed E-state index contributed by atoms with van der Waals surface area (Å²) in [5, 5.41) is -0.158. The summed E-state index contributed by atoms with van der Waals surface area (Å²) < 4.78 is 24.5. The van der Waals surface area contributed by atoms with E-state index in [0.29, 0.717) is 31.4 Å². The van der Waals surface area contributed by atoms with Crippen molar-refractivity contribution in [1.82, 2.24) is 0 Å². The summed E-state index contributed by atoms with van der Waals surface area (Å²) in [6, 6.07) is 0.445. The topological polar surface area (TPSA) is 54.0 Å². The molecule has 2 atom stereocenters. The summed E-state index contributed by atoms with van der Waals surface area (Å²) in [5.74, 6) is -0.482. The van der Waals surface area contributed by atoms with Crippen LogP contribution in [-0.2, 0) is 22.5 Å². The fraction of sp³-hybridized carbons (Fsp3) is 0.955. The lowest BCUT2D eigenvalue weighted by Crippen LogP contribution is -2.59. The minimum Gasteiger partial charge on any atom is -0.518 e. The molecule has 0 aromatic heterocycles. The Balaban J connectivity index is 5.92. The number of carbonyl (C=O) groups excluding carboxylic acids is 1. The van der Waals surface area contributed by atoms with Gasteiger partial charge < -0.3 is 17.7 Å². The molecule has 0 amide bonds. The van der Waals surface area contributed by atoms with Gasteiger partial charge in [0.1, 0.15) is 0 Å². The predicted molar refractivity (Wildman–Crippen MR) is 126 cm³/mol. The van der Waals surface area contributed by atoms with Crippen LogP contribution in [-0.4, -0.2) is 42.9 Å². The minimum absolute atomic E-state index is 0.0790. The maximum absolute atomic E-state index is 13.4. The average molecular weight is 449 g/mol. The molecule has 0 saturated heterocycles. The van der Waals surface area contributed by atoms with E-state index in [2.05, 4.69) is 55.4 Å². The average Bonchev–Trinajstić information content (AvgIpc) is 2.57. The summed E-state index contributed by atoms with van der Waals surface area (Å²) in [5.41, 5.74) is 0.353. The van der Waals surface area contributed by atoms with E-state index in [1.807, 2.05) is 27.7 Å². The highest BCUT2D eigenvalue weighted by Crippen LogP contribution is 2.58. The van der Waals surface area contributed by atoms with Crippen molar-refractivity contribution >= 4 is 23.1 Å². The van der Waals surface area contributed by atoms with E-state index in [-0.39, 0.29) is 22.0 Å². The molecule has 5 nitrogen and oxygen atoms in total. The molecule has 0 aromatic carbocycles. The van der Waals surface area contributed by atoms with Gasteiger partial charge in [-0.15, -0.1) is 0 Å². The second kappa shape index (κ2) is 11.4. The van der Waals surface area contributed by atoms with E-state index in [1.165, 1.54) is 0 Å². The molecule has 0 N–H and O–H groups in total. The smallest absolute Gasteiger partial charge is 0.501 e. The van der Waals surface area contributed by atoms with Gasteiger partial charge in [-0.05, 0) is 36.4 Å². The summed E-state index contributed by atoms with van der Waals surface area (Å²) in [7, 11) is -5.42. The standard InChI is InChI=1S/C22H48O5Si2/c1-13-19(6)29(21(7,8)9,22(10,11)12)27-20(23)18(5)17-28(24-14-2,25-15-3)26-16-4/h18-19H,13-17H2,1-12H3. The van der Waals surface area contributed by atoms with Gasteiger partial charge in [0.25, 0.3) is 14.3 Å². The first kappa shape index (κ1) is 28.8. The van der Waals surface area contributed by atoms with Gasteiger partial charge >= 0.3 is 8.80 Å². The molecule has 0 fully saturated rings. The Kier molecular flexibility index (Phi) is 11.3. The molecule has 2 unspecified atom stereocenters. The molecule has 0 spiro atoms. The van der Waals surface area contributed by atoms with Gasteiger partial charge in [-0.2, -0.15) is 0 Å². The van der Waals surface area contributed by atoms with Crippen molar-refractivity contribution in [2.45, 2.75) is 111 Å². The third-order valence-corrected chi connectivity index (χ3v) is 15.9. The van der Waals surface area contributed by atoms with Gasteiger partial charge in [0, 0.05) is 25.9 Å². The van der Waals surface area contributed by atoms with Crippen molar-refractivity contribution < 1.29 is 22.5 Å². The predicted octanol–water partition coefficient (Wildman–Crippen LogP) is 6.56. The zero-order valence-electron chi connectivity index (χ0n) is 21.2. The molecule has 0 aromatic rings. The summed E-state index contributed by atoms with van der Waals surface area (Å²) in [6.07, 6.45) is 0.998. The number of hydrogen-bond donors (Lipinski definition) is 0. The highest BCUT2D eigenvalue weighted by atomic mass is 28.4. The first-order valence-corrected chi connectivity index (χ1v) is 15.2. The molecule has 0 rings (SSSR count). The van der Waals surface area contributed by atoms with Crippen molar-refractivity contribution in [3.05, 3.63) is 0 Å². The Labute approximate surface area is 182 Å². The Morgan fingerprint density at radius 2 is 1.17 bits per heavy atom. The van der Waals surface area contributed by atoms with Crippen LogP contribution in [0.2, 0.25) is 21.7 Å². The SMILES string of the molecule is CCO[Si](CC(C)C(=O)O[Si](C(C)CC)(C(C)(C)C)C(C)(C)C)(OCC)OCC.